The van der Waals surface area contributed by atoms with Crippen LogP contribution in [0.1, 0.15) is 23.9 Å². The van der Waals surface area contributed by atoms with Crippen LogP contribution >= 0.6 is 12.4 Å². The van der Waals surface area contributed by atoms with Gasteiger partial charge < -0.3 is 9.80 Å². The van der Waals surface area contributed by atoms with Crippen LogP contribution in [0.2, 0.25) is 0 Å². The molecule has 0 N–H and O–H groups in total. The minimum Gasteiger partial charge on any atom is -0.378 e. The van der Waals surface area contributed by atoms with Gasteiger partial charge in [-0.15, -0.1) is 12.4 Å². The number of rotatable bonds is 7. The average molecular weight is 648 g/mol. The van der Waals surface area contributed by atoms with Crippen LogP contribution in [0.15, 0.2) is 82.6 Å². The van der Waals surface area contributed by atoms with E-state index in [0.717, 1.165) is 34.7 Å². The predicted octanol–water partition coefficient (Wildman–Crippen LogP) is 4.23. The molecule has 4 rings (SSSR count). The third kappa shape index (κ3) is 8.16. The van der Waals surface area contributed by atoms with Crippen LogP contribution in [0, 0.1) is 0 Å². The van der Waals surface area contributed by atoms with Crippen molar-refractivity contribution in [2.45, 2.75) is 36.0 Å². The normalized spacial score (nSPS) is 15.6. The molecule has 0 amide bonds. The lowest BCUT2D eigenvalue weighted by Crippen LogP contribution is -2.40. The van der Waals surface area contributed by atoms with Crippen molar-refractivity contribution >= 4 is 43.8 Å². The standard InChI is InChI=1S/C31H41N5O4S2.ClH/c1-7-25-20-26-16-18-35(41(37,38)30-12-8-28(9-13-30)33(3)4)22-24(2)23-36(19-17-27(21-25)32-26)42(39,40)31-14-10-29(11-15-31)34(5)6;/h8-15,20-21H,2,7,16-19,22-23H2,1,3-6H3;1H. The maximum atomic E-state index is 13.9. The van der Waals surface area contributed by atoms with Crippen molar-refractivity contribution in [3.05, 3.63) is 89.8 Å². The molecule has 2 aromatic carbocycles. The molecule has 2 heterocycles. The fourth-order valence-electron chi connectivity index (χ4n) is 4.91. The number of halogens is 1. The molecule has 0 fully saturated rings. The van der Waals surface area contributed by atoms with Gasteiger partial charge in [0.05, 0.1) is 9.79 Å². The summed E-state index contributed by atoms with van der Waals surface area (Å²) in [5.41, 5.74) is 4.92. The number of fused-ring (bicyclic) bond motifs is 2. The van der Waals surface area contributed by atoms with E-state index in [9.17, 15) is 16.8 Å². The zero-order chi connectivity index (χ0) is 30.7. The summed E-state index contributed by atoms with van der Waals surface area (Å²) < 4.78 is 58.3. The summed E-state index contributed by atoms with van der Waals surface area (Å²) in [6, 6.07) is 17.5. The Bertz CT molecular complexity index is 1510. The van der Waals surface area contributed by atoms with Crippen LogP contribution in [-0.2, 0) is 39.3 Å². The Morgan fingerprint density at radius 2 is 1.09 bits per heavy atom. The summed E-state index contributed by atoms with van der Waals surface area (Å²) in [7, 11) is -0.220. The van der Waals surface area contributed by atoms with Gasteiger partial charge in [0.1, 0.15) is 0 Å². The van der Waals surface area contributed by atoms with Gasteiger partial charge in [-0.3, -0.25) is 4.98 Å². The first-order valence-corrected chi connectivity index (χ1v) is 16.9. The highest BCUT2D eigenvalue weighted by Crippen LogP contribution is 2.24. The molecule has 2 bridgehead atoms. The van der Waals surface area contributed by atoms with Gasteiger partial charge >= 0.3 is 0 Å². The van der Waals surface area contributed by atoms with Crippen molar-refractivity contribution in [3.63, 3.8) is 0 Å². The first-order valence-electron chi connectivity index (χ1n) is 14.0. The monoisotopic (exact) mass is 647 g/mol. The number of nitrogens with zero attached hydrogens (tertiary/aromatic N) is 5. The molecular weight excluding hydrogens is 606 g/mol. The lowest BCUT2D eigenvalue weighted by atomic mass is 10.1. The Hall–Kier alpha value is -2.96. The summed E-state index contributed by atoms with van der Waals surface area (Å²) in [6.07, 6.45) is 1.66. The Balaban J connectivity index is 0.00000506. The Morgan fingerprint density at radius 3 is 1.42 bits per heavy atom. The molecule has 9 nitrogen and oxygen atoms in total. The summed E-state index contributed by atoms with van der Waals surface area (Å²) in [4.78, 5) is 8.96. The minimum absolute atomic E-state index is 0. The van der Waals surface area contributed by atoms with E-state index >= 15 is 0 Å². The van der Waals surface area contributed by atoms with Gasteiger partial charge in [-0.25, -0.2) is 16.8 Å². The number of sulfonamides is 2. The van der Waals surface area contributed by atoms with E-state index in [0.29, 0.717) is 18.4 Å². The van der Waals surface area contributed by atoms with E-state index in [-0.39, 0.29) is 48.4 Å². The lowest BCUT2D eigenvalue weighted by Gasteiger charge is -2.28. The first kappa shape index (κ1) is 34.5. The fraction of sp³-hybridized carbons (Fsp3) is 0.387. The maximum Gasteiger partial charge on any atom is 0.243 e. The molecule has 234 valence electrons. The van der Waals surface area contributed by atoms with Gasteiger partial charge in [-0.05, 0) is 78.2 Å². The quantitative estimate of drug-likeness (QED) is 0.354. The third-order valence-corrected chi connectivity index (χ3v) is 11.1. The molecule has 0 radical (unpaired) electrons. The van der Waals surface area contributed by atoms with Crippen molar-refractivity contribution in [1.82, 2.24) is 13.6 Å². The van der Waals surface area contributed by atoms with Crippen LogP contribution in [0.25, 0.3) is 0 Å². The van der Waals surface area contributed by atoms with Crippen molar-refractivity contribution in [2.24, 2.45) is 0 Å². The Kier molecular flexibility index (Phi) is 11.4. The number of aryl methyl sites for hydroxylation is 1. The van der Waals surface area contributed by atoms with Crippen LogP contribution in [-0.4, -0.2) is 84.8 Å². The molecule has 0 atom stereocenters. The van der Waals surface area contributed by atoms with Crippen molar-refractivity contribution in [1.29, 1.82) is 0 Å². The highest BCUT2D eigenvalue weighted by molar-refractivity contribution is 7.89. The highest BCUT2D eigenvalue weighted by atomic mass is 35.5. The Morgan fingerprint density at radius 1 is 0.721 bits per heavy atom. The van der Waals surface area contributed by atoms with Gasteiger partial charge in [-0.2, -0.15) is 8.61 Å². The SMILES string of the molecule is C=C1CN(S(=O)(=O)c2ccc(N(C)C)cc2)CCc2cc(CC)cc(n2)CCN(S(=O)(=O)c2ccc(N(C)C)cc2)C1.Cl. The molecule has 1 aliphatic rings. The summed E-state index contributed by atoms with van der Waals surface area (Å²) in [5, 5.41) is 0. The second kappa shape index (κ2) is 14.2. The van der Waals surface area contributed by atoms with Crippen molar-refractivity contribution in [3.8, 4) is 0 Å². The zero-order valence-corrected chi connectivity index (χ0v) is 28.0. The molecule has 1 aliphatic heterocycles. The summed E-state index contributed by atoms with van der Waals surface area (Å²) in [5.74, 6) is 0. The molecule has 3 aromatic rings. The molecular formula is C31H42ClN5O4S2. The second-order valence-corrected chi connectivity index (χ2v) is 14.9. The van der Waals surface area contributed by atoms with Gasteiger partial charge in [-0.1, -0.05) is 13.5 Å². The number of pyridine rings is 1. The lowest BCUT2D eigenvalue weighted by molar-refractivity contribution is 0.401. The van der Waals surface area contributed by atoms with Gasteiger partial charge in [0, 0.05) is 90.0 Å². The van der Waals surface area contributed by atoms with Crippen molar-refractivity contribution < 1.29 is 16.8 Å². The fourth-order valence-corrected chi connectivity index (χ4v) is 7.83. The number of hydrogen-bond donors (Lipinski definition) is 0. The molecule has 1 aromatic heterocycles. The largest absolute Gasteiger partial charge is 0.378 e. The topological polar surface area (TPSA) is 94.1 Å². The van der Waals surface area contributed by atoms with Crippen LogP contribution < -0.4 is 9.80 Å². The minimum atomic E-state index is -3.90. The maximum absolute atomic E-state index is 13.9. The number of aromatic nitrogens is 1. The number of benzene rings is 2. The molecule has 0 spiro atoms. The van der Waals surface area contributed by atoms with Crippen LogP contribution in [0.3, 0.4) is 0 Å². The third-order valence-electron chi connectivity index (χ3n) is 7.42. The van der Waals surface area contributed by atoms with Gasteiger partial charge in [0.2, 0.25) is 20.0 Å². The molecule has 0 saturated heterocycles. The number of hydrogen-bond acceptors (Lipinski definition) is 7. The van der Waals surface area contributed by atoms with Crippen molar-refractivity contribution in [2.75, 3.05) is 64.2 Å². The second-order valence-electron chi connectivity index (χ2n) is 11.0. The van der Waals surface area contributed by atoms with E-state index in [2.05, 4.69) is 13.5 Å². The molecule has 12 heteroatoms. The smallest absolute Gasteiger partial charge is 0.243 e. The Labute approximate surface area is 263 Å². The van der Waals surface area contributed by atoms with Gasteiger partial charge in [0.25, 0.3) is 0 Å². The van der Waals surface area contributed by atoms with E-state index in [1.807, 2.05) is 50.1 Å². The van der Waals surface area contributed by atoms with E-state index in [1.165, 1.54) is 8.61 Å². The van der Waals surface area contributed by atoms with Crippen LogP contribution in [0.5, 0.6) is 0 Å². The molecule has 43 heavy (non-hydrogen) atoms. The summed E-state index contributed by atoms with van der Waals surface area (Å²) in [6.45, 7) is 6.56. The van der Waals surface area contributed by atoms with E-state index in [1.54, 1.807) is 48.5 Å². The number of anilines is 2. The van der Waals surface area contributed by atoms with Crippen LogP contribution in [0.4, 0.5) is 11.4 Å². The summed E-state index contributed by atoms with van der Waals surface area (Å²) >= 11 is 0. The van der Waals surface area contributed by atoms with E-state index < -0.39 is 20.0 Å². The van der Waals surface area contributed by atoms with Gasteiger partial charge in [0.15, 0.2) is 0 Å². The first-order chi connectivity index (χ1) is 19.8. The highest BCUT2D eigenvalue weighted by Gasteiger charge is 2.29. The molecule has 0 unspecified atom stereocenters. The molecule has 0 saturated carbocycles. The zero-order valence-electron chi connectivity index (χ0n) is 25.5. The molecule has 0 aliphatic carbocycles. The van der Waals surface area contributed by atoms with E-state index in [4.69, 9.17) is 4.98 Å². The predicted molar refractivity (Wildman–Crippen MR) is 176 cm³/mol. The average Bonchev–Trinajstić information content (AvgIpc) is 2.96.